The molecule has 0 radical (unpaired) electrons. The number of nitrogens with one attached hydrogen (secondary N) is 1. The first-order valence-electron chi connectivity index (χ1n) is 9.06. The highest BCUT2D eigenvalue weighted by Gasteiger charge is 2.34. The van der Waals surface area contributed by atoms with E-state index in [1.807, 2.05) is 9.58 Å². The first-order chi connectivity index (χ1) is 11.8. The number of rotatable bonds is 4. The van der Waals surface area contributed by atoms with Gasteiger partial charge in [-0.05, 0) is 44.9 Å². The van der Waals surface area contributed by atoms with Gasteiger partial charge in [-0.1, -0.05) is 5.21 Å². The molecule has 1 N–H and O–H groups in total. The van der Waals surface area contributed by atoms with Crippen LogP contribution in [0.2, 0.25) is 0 Å². The zero-order valence-electron chi connectivity index (χ0n) is 13.7. The maximum absolute atomic E-state index is 13.0. The highest BCUT2D eigenvalue weighted by molar-refractivity contribution is 5.94. The molecule has 0 unspecified atom stereocenters. The number of aryl methyl sites for hydroxylation is 1. The van der Waals surface area contributed by atoms with E-state index >= 15 is 0 Å². The Morgan fingerprint density at radius 2 is 2.17 bits per heavy atom. The van der Waals surface area contributed by atoms with Gasteiger partial charge in [-0.25, -0.2) is 0 Å². The summed E-state index contributed by atoms with van der Waals surface area (Å²) >= 11 is 0. The third-order valence-electron chi connectivity index (χ3n) is 5.60. The number of nitrogens with zero attached hydrogens (tertiary/aromatic N) is 5. The zero-order chi connectivity index (χ0) is 16.1. The molecule has 2 fully saturated rings. The van der Waals surface area contributed by atoms with Crippen molar-refractivity contribution in [1.29, 1.82) is 0 Å². The zero-order valence-corrected chi connectivity index (χ0v) is 13.7. The summed E-state index contributed by atoms with van der Waals surface area (Å²) in [6.45, 7) is 1.55. The van der Waals surface area contributed by atoms with Gasteiger partial charge in [0.1, 0.15) is 0 Å². The molecule has 2 aromatic heterocycles. The van der Waals surface area contributed by atoms with E-state index in [1.165, 1.54) is 12.8 Å². The minimum Gasteiger partial charge on any atom is -0.332 e. The van der Waals surface area contributed by atoms with Gasteiger partial charge in [-0.3, -0.25) is 14.6 Å². The van der Waals surface area contributed by atoms with Crippen LogP contribution in [0.25, 0.3) is 0 Å². The minimum absolute atomic E-state index is 0.0828. The Balaban J connectivity index is 1.33. The predicted octanol–water partition coefficient (Wildman–Crippen LogP) is 1.67. The van der Waals surface area contributed by atoms with E-state index in [4.69, 9.17) is 0 Å². The van der Waals surface area contributed by atoms with Crippen molar-refractivity contribution in [3.63, 3.8) is 0 Å². The second-order valence-electron chi connectivity index (χ2n) is 7.32. The molecule has 0 spiro atoms. The van der Waals surface area contributed by atoms with Crippen molar-refractivity contribution in [3.8, 4) is 0 Å². The molecule has 126 valence electrons. The van der Waals surface area contributed by atoms with Gasteiger partial charge in [0.15, 0.2) is 5.69 Å². The summed E-state index contributed by atoms with van der Waals surface area (Å²) in [6, 6.07) is 0.194. The average Bonchev–Trinajstić information content (AvgIpc) is 3.02. The molecular weight excluding hydrogens is 304 g/mol. The van der Waals surface area contributed by atoms with Crippen LogP contribution < -0.4 is 0 Å². The Labute approximate surface area is 140 Å². The Kier molecular flexibility index (Phi) is 3.21. The Hall–Kier alpha value is -2.18. The molecule has 1 atom stereocenters. The molecule has 3 aliphatic rings. The van der Waals surface area contributed by atoms with Gasteiger partial charge >= 0.3 is 0 Å². The number of likely N-dealkylation sites (tertiary alicyclic amines) is 1. The number of hydrogen-bond acceptors (Lipinski definition) is 4. The molecule has 0 aromatic carbocycles. The van der Waals surface area contributed by atoms with Crippen molar-refractivity contribution in [3.05, 3.63) is 28.8 Å². The topological polar surface area (TPSA) is 79.7 Å². The number of H-pyrrole nitrogens is 1. The van der Waals surface area contributed by atoms with Crippen molar-refractivity contribution in [2.75, 3.05) is 6.54 Å². The lowest BCUT2D eigenvalue weighted by atomic mass is 10.1. The third kappa shape index (κ3) is 2.34. The summed E-state index contributed by atoms with van der Waals surface area (Å²) in [5.41, 5.74) is 4.05. The normalized spacial score (nSPS) is 23.0. The van der Waals surface area contributed by atoms with Crippen molar-refractivity contribution in [2.45, 2.75) is 63.5 Å². The molecule has 24 heavy (non-hydrogen) atoms. The van der Waals surface area contributed by atoms with Gasteiger partial charge < -0.3 is 4.90 Å². The van der Waals surface area contributed by atoms with Crippen molar-refractivity contribution in [1.82, 2.24) is 30.1 Å². The highest BCUT2D eigenvalue weighted by atomic mass is 16.2. The van der Waals surface area contributed by atoms with Gasteiger partial charge in [0.05, 0.1) is 18.3 Å². The van der Waals surface area contributed by atoms with Crippen LogP contribution in [0, 0.1) is 0 Å². The fraction of sp³-hybridized carbons (Fsp3) is 0.647. The van der Waals surface area contributed by atoms with Gasteiger partial charge in [0, 0.05) is 29.9 Å². The molecule has 2 aliphatic carbocycles. The van der Waals surface area contributed by atoms with E-state index in [0.717, 1.165) is 62.1 Å². The number of hydrogen-bond donors (Lipinski definition) is 1. The second kappa shape index (κ2) is 5.43. The smallest absolute Gasteiger partial charge is 0.274 e. The SMILES string of the molecule is O=C(c1n[nH]c2c1CCC2)N1CCC[C@H]1Cn1cc(C2CC2)nn1. The summed E-state index contributed by atoms with van der Waals surface area (Å²) in [5, 5.41) is 15.9. The quantitative estimate of drug-likeness (QED) is 0.927. The molecule has 3 heterocycles. The Morgan fingerprint density at radius 1 is 1.25 bits per heavy atom. The minimum atomic E-state index is 0.0828. The van der Waals surface area contributed by atoms with E-state index in [0.29, 0.717) is 11.6 Å². The van der Waals surface area contributed by atoms with Gasteiger partial charge in [-0.15, -0.1) is 5.10 Å². The fourth-order valence-electron chi connectivity index (χ4n) is 4.11. The Bertz CT molecular complexity index is 774. The number of aromatic amines is 1. The van der Waals surface area contributed by atoms with E-state index in [2.05, 4.69) is 26.7 Å². The van der Waals surface area contributed by atoms with Crippen LogP contribution >= 0.6 is 0 Å². The van der Waals surface area contributed by atoms with Crippen LogP contribution in [0.5, 0.6) is 0 Å². The summed E-state index contributed by atoms with van der Waals surface area (Å²) in [6.07, 6.45) is 9.71. The molecule has 2 aromatic rings. The Morgan fingerprint density at radius 3 is 3.04 bits per heavy atom. The van der Waals surface area contributed by atoms with Crippen LogP contribution in [0.15, 0.2) is 6.20 Å². The molecule has 7 nitrogen and oxygen atoms in total. The largest absolute Gasteiger partial charge is 0.332 e. The van der Waals surface area contributed by atoms with Gasteiger partial charge in [0.2, 0.25) is 0 Å². The van der Waals surface area contributed by atoms with Crippen LogP contribution in [0.3, 0.4) is 0 Å². The monoisotopic (exact) mass is 326 g/mol. The number of carbonyl (C=O) groups is 1. The number of amides is 1. The number of aromatic nitrogens is 5. The predicted molar refractivity (Wildman–Crippen MR) is 86.7 cm³/mol. The first kappa shape index (κ1) is 14.2. The lowest BCUT2D eigenvalue weighted by molar-refractivity contribution is 0.0714. The van der Waals surface area contributed by atoms with E-state index in [-0.39, 0.29) is 11.9 Å². The van der Waals surface area contributed by atoms with Crippen LogP contribution in [-0.4, -0.2) is 48.6 Å². The van der Waals surface area contributed by atoms with Crippen molar-refractivity contribution >= 4 is 5.91 Å². The van der Waals surface area contributed by atoms with E-state index in [1.54, 1.807) is 0 Å². The summed E-state index contributed by atoms with van der Waals surface area (Å²) in [7, 11) is 0. The molecule has 0 bridgehead atoms. The maximum atomic E-state index is 13.0. The van der Waals surface area contributed by atoms with Crippen LogP contribution in [-0.2, 0) is 19.4 Å². The summed E-state index contributed by atoms with van der Waals surface area (Å²) in [5.74, 6) is 0.700. The molecule has 1 aliphatic heterocycles. The highest BCUT2D eigenvalue weighted by Crippen LogP contribution is 2.38. The third-order valence-corrected chi connectivity index (χ3v) is 5.60. The lowest BCUT2D eigenvalue weighted by Crippen LogP contribution is -2.38. The number of fused-ring (bicyclic) bond motifs is 1. The molecular formula is C17H22N6O. The standard InChI is InChI=1S/C17H22N6O/c24-17(16-13-4-1-5-14(13)18-20-16)23-8-2-3-12(23)9-22-10-15(19-21-22)11-6-7-11/h10-12H,1-9H2,(H,18,20)/t12-/m0/s1. The maximum Gasteiger partial charge on any atom is 0.274 e. The van der Waals surface area contributed by atoms with Gasteiger partial charge in [-0.2, -0.15) is 5.10 Å². The molecule has 7 heteroatoms. The fourth-order valence-corrected chi connectivity index (χ4v) is 4.11. The first-order valence-corrected chi connectivity index (χ1v) is 9.06. The van der Waals surface area contributed by atoms with E-state index in [9.17, 15) is 4.79 Å². The second-order valence-corrected chi connectivity index (χ2v) is 7.32. The van der Waals surface area contributed by atoms with Gasteiger partial charge in [0.25, 0.3) is 5.91 Å². The molecule has 5 rings (SSSR count). The van der Waals surface area contributed by atoms with Crippen LogP contribution in [0.1, 0.15) is 65.5 Å². The molecule has 1 amide bonds. The van der Waals surface area contributed by atoms with Crippen LogP contribution in [0.4, 0.5) is 0 Å². The number of carbonyl (C=O) groups excluding carboxylic acids is 1. The lowest BCUT2D eigenvalue weighted by Gasteiger charge is -2.24. The molecule has 1 saturated heterocycles. The summed E-state index contributed by atoms with van der Waals surface area (Å²) in [4.78, 5) is 15.0. The van der Waals surface area contributed by atoms with E-state index < -0.39 is 0 Å². The van der Waals surface area contributed by atoms with Crippen molar-refractivity contribution in [2.24, 2.45) is 0 Å². The molecule has 1 saturated carbocycles. The van der Waals surface area contributed by atoms with Crippen molar-refractivity contribution < 1.29 is 4.79 Å². The summed E-state index contributed by atoms with van der Waals surface area (Å²) < 4.78 is 1.92. The average molecular weight is 326 g/mol.